The zero-order chi connectivity index (χ0) is 10.5. The van der Waals surface area contributed by atoms with Crippen LogP contribution >= 0.6 is 24.0 Å². The Labute approximate surface area is 105 Å². The Morgan fingerprint density at radius 1 is 1.00 bits per heavy atom. The molecule has 3 nitrogen and oxygen atoms in total. The number of alkyl halides is 1. The van der Waals surface area contributed by atoms with Crippen molar-refractivity contribution >= 4 is 24.0 Å². The van der Waals surface area contributed by atoms with Gasteiger partial charge in [-0.1, -0.05) is 18.2 Å². The van der Waals surface area contributed by atoms with Crippen LogP contribution in [0.3, 0.4) is 0 Å². The largest absolute Gasteiger partial charge is 0.438 e. The minimum Gasteiger partial charge on any atom is -0.438 e. The molecular formula is C11H10Cl2N2O. The predicted molar refractivity (Wildman–Crippen MR) is 65.4 cm³/mol. The van der Waals surface area contributed by atoms with Crippen LogP contribution in [0.4, 0.5) is 0 Å². The third-order valence-electron chi connectivity index (χ3n) is 1.80. The second-order valence-corrected chi connectivity index (χ2v) is 3.18. The fourth-order valence-electron chi connectivity index (χ4n) is 1.08. The van der Waals surface area contributed by atoms with Gasteiger partial charge in [-0.3, -0.25) is 0 Å². The van der Waals surface area contributed by atoms with Gasteiger partial charge in [-0.15, -0.1) is 29.1 Å². The van der Waals surface area contributed by atoms with E-state index in [0.717, 1.165) is 11.4 Å². The molecule has 84 valence electrons. The van der Waals surface area contributed by atoms with Crippen molar-refractivity contribution in [1.82, 2.24) is 10.2 Å². The number of rotatable bonds is 3. The minimum atomic E-state index is 0. The number of para-hydroxylation sites is 1. The van der Waals surface area contributed by atoms with E-state index in [-0.39, 0.29) is 12.4 Å². The second kappa shape index (κ2) is 6.30. The van der Waals surface area contributed by atoms with E-state index in [9.17, 15) is 0 Å². The Kier molecular flexibility index (Phi) is 5.02. The van der Waals surface area contributed by atoms with Crippen molar-refractivity contribution in [2.75, 3.05) is 0 Å². The van der Waals surface area contributed by atoms with Crippen LogP contribution in [0.15, 0.2) is 42.5 Å². The van der Waals surface area contributed by atoms with Crippen LogP contribution < -0.4 is 4.74 Å². The maximum atomic E-state index is 5.60. The van der Waals surface area contributed by atoms with Gasteiger partial charge in [-0.2, -0.15) is 5.10 Å². The molecule has 2 aromatic rings. The lowest BCUT2D eigenvalue weighted by Crippen LogP contribution is -1.92. The van der Waals surface area contributed by atoms with Crippen molar-refractivity contribution in [3.63, 3.8) is 0 Å². The molecular weight excluding hydrogens is 247 g/mol. The first-order chi connectivity index (χ1) is 7.38. The topological polar surface area (TPSA) is 35.0 Å². The summed E-state index contributed by atoms with van der Waals surface area (Å²) in [6.07, 6.45) is 0. The van der Waals surface area contributed by atoms with Gasteiger partial charge in [0.2, 0.25) is 5.88 Å². The molecule has 0 fully saturated rings. The summed E-state index contributed by atoms with van der Waals surface area (Å²) >= 11 is 5.60. The molecule has 1 heterocycles. The molecule has 0 aliphatic heterocycles. The third kappa shape index (κ3) is 3.36. The van der Waals surface area contributed by atoms with Crippen LogP contribution in [0, 0.1) is 0 Å². The Balaban J connectivity index is 0.00000128. The maximum Gasteiger partial charge on any atom is 0.238 e. The molecule has 0 saturated carbocycles. The van der Waals surface area contributed by atoms with Gasteiger partial charge in [-0.05, 0) is 18.2 Å². The van der Waals surface area contributed by atoms with Gasteiger partial charge in [-0.25, -0.2) is 0 Å². The first-order valence-corrected chi connectivity index (χ1v) is 5.03. The van der Waals surface area contributed by atoms with Gasteiger partial charge in [0.1, 0.15) is 5.75 Å². The van der Waals surface area contributed by atoms with Crippen LogP contribution in [0.5, 0.6) is 11.6 Å². The van der Waals surface area contributed by atoms with E-state index >= 15 is 0 Å². The summed E-state index contributed by atoms with van der Waals surface area (Å²) in [5.74, 6) is 1.57. The van der Waals surface area contributed by atoms with Gasteiger partial charge < -0.3 is 4.74 Å². The van der Waals surface area contributed by atoms with Crippen molar-refractivity contribution in [2.45, 2.75) is 5.88 Å². The Morgan fingerprint density at radius 2 is 1.75 bits per heavy atom. The zero-order valence-electron chi connectivity index (χ0n) is 8.34. The monoisotopic (exact) mass is 256 g/mol. The number of nitrogens with zero attached hydrogens (tertiary/aromatic N) is 2. The first-order valence-electron chi connectivity index (χ1n) is 4.50. The standard InChI is InChI=1S/C11H9ClN2O.ClH/c12-8-9-6-7-11(14-13-9)15-10-4-2-1-3-5-10;/h1-7H,8H2;1H. The van der Waals surface area contributed by atoms with E-state index in [0.29, 0.717) is 11.8 Å². The molecule has 5 heteroatoms. The molecule has 0 amide bonds. The Morgan fingerprint density at radius 3 is 2.31 bits per heavy atom. The highest BCUT2D eigenvalue weighted by molar-refractivity contribution is 6.16. The molecule has 0 spiro atoms. The Hall–Kier alpha value is -1.32. The highest BCUT2D eigenvalue weighted by atomic mass is 35.5. The summed E-state index contributed by atoms with van der Waals surface area (Å²) in [5.41, 5.74) is 0.733. The summed E-state index contributed by atoms with van der Waals surface area (Å²) in [7, 11) is 0. The van der Waals surface area contributed by atoms with Gasteiger partial charge >= 0.3 is 0 Å². The van der Waals surface area contributed by atoms with Crippen LogP contribution in [-0.2, 0) is 5.88 Å². The fourth-order valence-corrected chi connectivity index (χ4v) is 1.23. The third-order valence-corrected chi connectivity index (χ3v) is 2.07. The highest BCUT2D eigenvalue weighted by Gasteiger charge is 1.98. The molecule has 0 bridgehead atoms. The van der Waals surface area contributed by atoms with Crippen molar-refractivity contribution < 1.29 is 4.74 Å². The number of ether oxygens (including phenoxy) is 1. The average molecular weight is 257 g/mol. The van der Waals surface area contributed by atoms with E-state index in [1.54, 1.807) is 12.1 Å². The summed E-state index contributed by atoms with van der Waals surface area (Å²) in [6.45, 7) is 0. The van der Waals surface area contributed by atoms with Crippen LogP contribution in [0.1, 0.15) is 5.69 Å². The number of aromatic nitrogens is 2. The van der Waals surface area contributed by atoms with Crippen molar-refractivity contribution in [3.8, 4) is 11.6 Å². The van der Waals surface area contributed by atoms with E-state index in [1.807, 2.05) is 30.3 Å². The fraction of sp³-hybridized carbons (Fsp3) is 0.0909. The highest BCUT2D eigenvalue weighted by Crippen LogP contribution is 2.17. The number of hydrogen-bond donors (Lipinski definition) is 0. The quantitative estimate of drug-likeness (QED) is 0.790. The second-order valence-electron chi connectivity index (χ2n) is 2.91. The van der Waals surface area contributed by atoms with E-state index < -0.39 is 0 Å². The maximum absolute atomic E-state index is 5.60. The Bertz CT molecular complexity index is 420. The SMILES string of the molecule is Cl.ClCc1ccc(Oc2ccccc2)nn1. The number of benzene rings is 1. The molecule has 1 aromatic carbocycles. The lowest BCUT2D eigenvalue weighted by Gasteiger charge is -2.03. The summed E-state index contributed by atoms with van der Waals surface area (Å²) in [5, 5.41) is 7.77. The van der Waals surface area contributed by atoms with Crippen molar-refractivity contribution in [2.24, 2.45) is 0 Å². The summed E-state index contributed by atoms with van der Waals surface area (Å²) in [4.78, 5) is 0. The molecule has 0 aliphatic rings. The van der Waals surface area contributed by atoms with Crippen LogP contribution in [0.2, 0.25) is 0 Å². The van der Waals surface area contributed by atoms with Crippen molar-refractivity contribution in [1.29, 1.82) is 0 Å². The smallest absolute Gasteiger partial charge is 0.238 e. The molecule has 0 saturated heterocycles. The molecule has 0 N–H and O–H groups in total. The van der Waals surface area contributed by atoms with Gasteiger partial charge in [0.25, 0.3) is 0 Å². The van der Waals surface area contributed by atoms with E-state index in [1.165, 1.54) is 0 Å². The first kappa shape index (κ1) is 12.7. The van der Waals surface area contributed by atoms with E-state index in [4.69, 9.17) is 16.3 Å². The normalized spacial score (nSPS) is 9.31. The van der Waals surface area contributed by atoms with Crippen molar-refractivity contribution in [3.05, 3.63) is 48.2 Å². The average Bonchev–Trinajstić information content (AvgIpc) is 2.31. The minimum absolute atomic E-state index is 0. The molecule has 0 aliphatic carbocycles. The molecule has 2 rings (SSSR count). The number of hydrogen-bond acceptors (Lipinski definition) is 3. The molecule has 0 radical (unpaired) electrons. The molecule has 16 heavy (non-hydrogen) atoms. The summed E-state index contributed by atoms with van der Waals surface area (Å²) in [6, 6.07) is 13.0. The summed E-state index contributed by atoms with van der Waals surface area (Å²) < 4.78 is 5.46. The van der Waals surface area contributed by atoms with Crippen LogP contribution in [-0.4, -0.2) is 10.2 Å². The molecule has 1 aromatic heterocycles. The van der Waals surface area contributed by atoms with Gasteiger partial charge in [0.15, 0.2) is 0 Å². The molecule has 0 unspecified atom stereocenters. The van der Waals surface area contributed by atoms with Gasteiger partial charge in [0.05, 0.1) is 11.6 Å². The van der Waals surface area contributed by atoms with Crippen LogP contribution in [0.25, 0.3) is 0 Å². The molecule has 0 atom stereocenters. The lowest BCUT2D eigenvalue weighted by molar-refractivity contribution is 0.454. The van der Waals surface area contributed by atoms with E-state index in [2.05, 4.69) is 10.2 Å². The zero-order valence-corrected chi connectivity index (χ0v) is 9.91. The predicted octanol–water partition coefficient (Wildman–Crippen LogP) is 3.43. The van der Waals surface area contributed by atoms with Gasteiger partial charge in [0, 0.05) is 6.07 Å². The lowest BCUT2D eigenvalue weighted by atomic mass is 10.3. The number of halogens is 2.